The van der Waals surface area contributed by atoms with Gasteiger partial charge in [-0.05, 0) is 36.9 Å². The number of aromatic hydroxyl groups is 1. The second-order valence-corrected chi connectivity index (χ2v) is 6.24. The zero-order valence-electron chi connectivity index (χ0n) is 11.7. The van der Waals surface area contributed by atoms with Crippen molar-refractivity contribution in [2.24, 2.45) is 11.8 Å². The van der Waals surface area contributed by atoms with Crippen molar-refractivity contribution in [1.82, 2.24) is 5.32 Å². The van der Waals surface area contributed by atoms with Gasteiger partial charge in [-0.25, -0.2) is 0 Å². The fourth-order valence-electron chi connectivity index (χ4n) is 2.86. The van der Waals surface area contributed by atoms with Gasteiger partial charge < -0.3 is 10.4 Å². The molecule has 0 heterocycles. The van der Waals surface area contributed by atoms with E-state index >= 15 is 0 Å². The van der Waals surface area contributed by atoms with E-state index in [1.165, 1.54) is 32.1 Å². The van der Waals surface area contributed by atoms with Gasteiger partial charge in [0.2, 0.25) is 0 Å². The Labute approximate surface area is 121 Å². The molecule has 0 bridgehead atoms. The van der Waals surface area contributed by atoms with Crippen LogP contribution in [0.5, 0.6) is 5.75 Å². The first kappa shape index (κ1) is 14.7. The molecule has 0 aliphatic heterocycles. The molecule has 0 unspecified atom stereocenters. The van der Waals surface area contributed by atoms with Gasteiger partial charge in [0.15, 0.2) is 0 Å². The normalized spacial score (nSPS) is 23.5. The Morgan fingerprint density at radius 1 is 1.26 bits per heavy atom. The summed E-state index contributed by atoms with van der Waals surface area (Å²) in [5.41, 5.74) is 0.807. The van der Waals surface area contributed by atoms with Crippen LogP contribution in [0.2, 0.25) is 5.02 Å². The number of hydrogen-bond donors (Lipinski definition) is 2. The van der Waals surface area contributed by atoms with Gasteiger partial charge in [-0.2, -0.15) is 0 Å². The van der Waals surface area contributed by atoms with Crippen LogP contribution in [0, 0.1) is 11.8 Å². The van der Waals surface area contributed by atoms with Crippen molar-refractivity contribution < 1.29 is 5.11 Å². The number of phenolic OH excluding ortho intramolecular Hbond substituents is 1. The average Bonchev–Trinajstić information content (AvgIpc) is 2.39. The smallest absolute Gasteiger partial charge is 0.121 e. The van der Waals surface area contributed by atoms with E-state index in [1.807, 2.05) is 6.07 Å². The third kappa shape index (κ3) is 4.39. The maximum absolute atomic E-state index is 9.74. The topological polar surface area (TPSA) is 32.3 Å². The second kappa shape index (κ2) is 7.16. The van der Waals surface area contributed by atoms with Crippen molar-refractivity contribution in [3.05, 3.63) is 28.8 Å². The van der Waals surface area contributed by atoms with Gasteiger partial charge in [-0.1, -0.05) is 50.3 Å². The Morgan fingerprint density at radius 2 is 2.00 bits per heavy atom. The predicted octanol–water partition coefficient (Wildman–Crippen LogP) is 4.35. The summed E-state index contributed by atoms with van der Waals surface area (Å²) < 4.78 is 0. The molecule has 0 aromatic heterocycles. The Balaban J connectivity index is 1.69. The van der Waals surface area contributed by atoms with Crippen LogP contribution >= 0.6 is 11.6 Å². The SMILES string of the molecule is CC1CCC(CCNCc2c(O)cccc2Cl)CC1. The van der Waals surface area contributed by atoms with Crippen LogP contribution in [0.3, 0.4) is 0 Å². The molecular formula is C16H24ClNO. The molecule has 2 N–H and O–H groups in total. The number of rotatable bonds is 5. The second-order valence-electron chi connectivity index (χ2n) is 5.83. The lowest BCUT2D eigenvalue weighted by Crippen LogP contribution is -2.20. The van der Waals surface area contributed by atoms with E-state index in [-0.39, 0.29) is 5.75 Å². The van der Waals surface area contributed by atoms with Gasteiger partial charge in [0.25, 0.3) is 0 Å². The lowest BCUT2D eigenvalue weighted by molar-refractivity contribution is 0.275. The van der Waals surface area contributed by atoms with E-state index in [4.69, 9.17) is 11.6 Å². The van der Waals surface area contributed by atoms with Gasteiger partial charge in [-0.15, -0.1) is 0 Å². The van der Waals surface area contributed by atoms with Crippen LogP contribution < -0.4 is 5.32 Å². The lowest BCUT2D eigenvalue weighted by Gasteiger charge is -2.26. The molecule has 3 heteroatoms. The van der Waals surface area contributed by atoms with Crippen LogP contribution in [0.25, 0.3) is 0 Å². The Hall–Kier alpha value is -0.730. The first-order chi connectivity index (χ1) is 9.16. The summed E-state index contributed by atoms with van der Waals surface area (Å²) in [6.07, 6.45) is 6.75. The summed E-state index contributed by atoms with van der Waals surface area (Å²) in [6, 6.07) is 5.27. The van der Waals surface area contributed by atoms with Crippen molar-refractivity contribution >= 4 is 11.6 Å². The quantitative estimate of drug-likeness (QED) is 0.787. The molecule has 0 saturated heterocycles. The molecule has 1 aliphatic rings. The van der Waals surface area contributed by atoms with E-state index < -0.39 is 0 Å². The molecule has 1 aliphatic carbocycles. The molecule has 1 fully saturated rings. The number of halogens is 1. The molecule has 2 rings (SSSR count). The predicted molar refractivity (Wildman–Crippen MR) is 80.6 cm³/mol. The zero-order chi connectivity index (χ0) is 13.7. The molecule has 0 amide bonds. The van der Waals surface area contributed by atoms with Crippen molar-refractivity contribution in [3.8, 4) is 5.75 Å². The van der Waals surface area contributed by atoms with E-state index in [0.29, 0.717) is 11.6 Å². The molecule has 1 aromatic rings. The van der Waals surface area contributed by atoms with Gasteiger partial charge in [0.1, 0.15) is 5.75 Å². The van der Waals surface area contributed by atoms with Crippen LogP contribution in [0.15, 0.2) is 18.2 Å². The molecule has 2 nitrogen and oxygen atoms in total. The first-order valence-electron chi connectivity index (χ1n) is 7.34. The van der Waals surface area contributed by atoms with Gasteiger partial charge in [0.05, 0.1) is 0 Å². The fourth-order valence-corrected chi connectivity index (χ4v) is 3.10. The number of hydrogen-bond acceptors (Lipinski definition) is 2. The molecule has 1 aromatic carbocycles. The van der Waals surface area contributed by atoms with Crippen LogP contribution in [0.1, 0.15) is 44.6 Å². The molecule has 0 spiro atoms. The van der Waals surface area contributed by atoms with E-state index in [9.17, 15) is 5.11 Å². The van der Waals surface area contributed by atoms with Gasteiger partial charge in [-0.3, -0.25) is 0 Å². The molecular weight excluding hydrogens is 258 g/mol. The summed E-state index contributed by atoms with van der Waals surface area (Å²) in [4.78, 5) is 0. The maximum Gasteiger partial charge on any atom is 0.121 e. The minimum atomic E-state index is 0.284. The average molecular weight is 282 g/mol. The first-order valence-corrected chi connectivity index (χ1v) is 7.71. The molecule has 106 valence electrons. The summed E-state index contributed by atoms with van der Waals surface area (Å²) in [6.45, 7) is 4.01. The molecule has 19 heavy (non-hydrogen) atoms. The van der Waals surface area contributed by atoms with E-state index in [0.717, 1.165) is 23.9 Å². The van der Waals surface area contributed by atoms with Crippen LogP contribution in [0.4, 0.5) is 0 Å². The van der Waals surface area contributed by atoms with Crippen LogP contribution in [-0.4, -0.2) is 11.7 Å². The highest BCUT2D eigenvalue weighted by molar-refractivity contribution is 6.31. The standard InChI is InChI=1S/C16H24ClNO/c1-12-5-7-13(8-6-12)9-10-18-11-14-15(17)3-2-4-16(14)19/h2-4,12-13,18-19H,5-11H2,1H3. The summed E-state index contributed by atoms with van der Waals surface area (Å²) in [5.74, 6) is 2.08. The summed E-state index contributed by atoms with van der Waals surface area (Å²) in [7, 11) is 0. The van der Waals surface area contributed by atoms with Crippen molar-refractivity contribution in [1.29, 1.82) is 0 Å². The van der Waals surface area contributed by atoms with E-state index in [2.05, 4.69) is 12.2 Å². The minimum absolute atomic E-state index is 0.284. The fraction of sp³-hybridized carbons (Fsp3) is 0.625. The Kier molecular flexibility index (Phi) is 5.53. The third-order valence-electron chi connectivity index (χ3n) is 4.26. The van der Waals surface area contributed by atoms with Crippen molar-refractivity contribution in [2.45, 2.75) is 45.6 Å². The monoisotopic (exact) mass is 281 g/mol. The lowest BCUT2D eigenvalue weighted by atomic mass is 9.81. The molecule has 0 radical (unpaired) electrons. The van der Waals surface area contributed by atoms with Crippen molar-refractivity contribution in [2.75, 3.05) is 6.54 Å². The van der Waals surface area contributed by atoms with E-state index in [1.54, 1.807) is 12.1 Å². The summed E-state index contributed by atoms with van der Waals surface area (Å²) in [5, 5.41) is 13.8. The third-order valence-corrected chi connectivity index (χ3v) is 4.61. The van der Waals surface area contributed by atoms with Crippen molar-refractivity contribution in [3.63, 3.8) is 0 Å². The highest BCUT2D eigenvalue weighted by Crippen LogP contribution is 2.30. The molecule has 1 saturated carbocycles. The largest absolute Gasteiger partial charge is 0.508 e. The molecule has 0 atom stereocenters. The summed E-state index contributed by atoms with van der Waals surface area (Å²) >= 11 is 6.07. The highest BCUT2D eigenvalue weighted by Gasteiger charge is 2.17. The minimum Gasteiger partial charge on any atom is -0.508 e. The van der Waals surface area contributed by atoms with Gasteiger partial charge in [0, 0.05) is 17.1 Å². The Morgan fingerprint density at radius 3 is 2.68 bits per heavy atom. The maximum atomic E-state index is 9.74. The number of nitrogens with one attached hydrogen (secondary N) is 1. The zero-order valence-corrected chi connectivity index (χ0v) is 12.4. The number of benzene rings is 1. The Bertz CT molecular complexity index is 379. The number of phenols is 1. The van der Waals surface area contributed by atoms with Crippen LogP contribution in [-0.2, 0) is 6.54 Å². The highest BCUT2D eigenvalue weighted by atomic mass is 35.5. The van der Waals surface area contributed by atoms with Gasteiger partial charge >= 0.3 is 0 Å².